The van der Waals surface area contributed by atoms with Crippen LogP contribution in [0.15, 0.2) is 18.3 Å². The molecule has 1 atom stereocenters. The van der Waals surface area contributed by atoms with E-state index < -0.39 is 0 Å². The van der Waals surface area contributed by atoms with Gasteiger partial charge in [-0.3, -0.25) is 9.59 Å². The smallest absolute Gasteiger partial charge is 0.254 e. The Morgan fingerprint density at radius 3 is 2.79 bits per heavy atom. The second-order valence-electron chi connectivity index (χ2n) is 8.24. The molecule has 2 aliphatic heterocycles. The van der Waals surface area contributed by atoms with Crippen LogP contribution in [0, 0.1) is 5.92 Å². The average molecular weight is 386 g/mol. The standard InChI is InChI=1S/C21H30N4O3/c1-23(14-16-12-20(26)25(15-16)18-4-2-3-5-18)19-13-17(6-7-22-19)21(27)24-8-10-28-11-9-24/h6-7,13,16,18H,2-5,8-12,14-15H2,1H3. The number of pyridine rings is 1. The number of amides is 2. The van der Waals surface area contributed by atoms with Crippen LogP contribution in [0.4, 0.5) is 5.82 Å². The lowest BCUT2D eigenvalue weighted by Gasteiger charge is -2.28. The van der Waals surface area contributed by atoms with Crippen LogP contribution in [-0.4, -0.2) is 79.1 Å². The molecule has 1 saturated carbocycles. The van der Waals surface area contributed by atoms with Crippen molar-refractivity contribution in [1.29, 1.82) is 0 Å². The SMILES string of the molecule is CN(CC1CC(=O)N(C2CCCC2)C1)c1cc(C(=O)N2CCOCC2)ccn1. The molecule has 2 amide bonds. The van der Waals surface area contributed by atoms with Gasteiger partial charge in [0, 0.05) is 63.4 Å². The quantitative estimate of drug-likeness (QED) is 0.772. The average Bonchev–Trinajstić information content (AvgIpc) is 3.37. The number of carbonyl (C=O) groups is 2. The Morgan fingerprint density at radius 2 is 2.04 bits per heavy atom. The third kappa shape index (κ3) is 4.14. The number of likely N-dealkylation sites (tertiary alicyclic amines) is 1. The summed E-state index contributed by atoms with van der Waals surface area (Å²) < 4.78 is 5.33. The highest BCUT2D eigenvalue weighted by Crippen LogP contribution is 2.30. The fraction of sp³-hybridized carbons (Fsp3) is 0.667. The molecule has 1 aromatic rings. The van der Waals surface area contributed by atoms with Crippen LogP contribution in [0.5, 0.6) is 0 Å². The summed E-state index contributed by atoms with van der Waals surface area (Å²) in [6.07, 6.45) is 7.11. The maximum Gasteiger partial charge on any atom is 0.254 e. The molecule has 7 heteroatoms. The van der Waals surface area contributed by atoms with Crippen molar-refractivity contribution in [3.63, 3.8) is 0 Å². The lowest BCUT2D eigenvalue weighted by molar-refractivity contribution is -0.129. The molecular weight excluding hydrogens is 356 g/mol. The third-order valence-electron chi connectivity index (χ3n) is 6.22. The lowest BCUT2D eigenvalue weighted by Crippen LogP contribution is -2.40. The first-order valence-electron chi connectivity index (χ1n) is 10.5. The predicted molar refractivity (Wildman–Crippen MR) is 106 cm³/mol. The molecule has 7 nitrogen and oxygen atoms in total. The van der Waals surface area contributed by atoms with Gasteiger partial charge in [0.25, 0.3) is 5.91 Å². The molecule has 1 aromatic heterocycles. The molecule has 28 heavy (non-hydrogen) atoms. The predicted octanol–water partition coefficient (Wildman–Crippen LogP) is 1.78. The number of rotatable bonds is 5. The second-order valence-corrected chi connectivity index (χ2v) is 8.24. The Labute approximate surface area is 166 Å². The van der Waals surface area contributed by atoms with Gasteiger partial charge in [0.1, 0.15) is 5.82 Å². The zero-order chi connectivity index (χ0) is 19.5. The molecule has 4 rings (SSSR count). The van der Waals surface area contributed by atoms with Crippen molar-refractivity contribution in [2.24, 2.45) is 5.92 Å². The fourth-order valence-electron chi connectivity index (χ4n) is 4.69. The van der Waals surface area contributed by atoms with Gasteiger partial charge >= 0.3 is 0 Å². The van der Waals surface area contributed by atoms with Crippen molar-refractivity contribution in [2.45, 2.75) is 38.1 Å². The van der Waals surface area contributed by atoms with Gasteiger partial charge < -0.3 is 19.4 Å². The maximum atomic E-state index is 12.7. The van der Waals surface area contributed by atoms with E-state index in [0.717, 1.165) is 31.7 Å². The lowest BCUT2D eigenvalue weighted by atomic mass is 10.1. The topological polar surface area (TPSA) is 66.0 Å². The van der Waals surface area contributed by atoms with E-state index in [-0.39, 0.29) is 5.91 Å². The fourth-order valence-corrected chi connectivity index (χ4v) is 4.69. The number of aromatic nitrogens is 1. The molecule has 3 heterocycles. The van der Waals surface area contributed by atoms with Gasteiger partial charge in [-0.25, -0.2) is 4.98 Å². The molecule has 152 valence electrons. The number of anilines is 1. The van der Waals surface area contributed by atoms with Crippen molar-refractivity contribution < 1.29 is 14.3 Å². The van der Waals surface area contributed by atoms with E-state index in [0.29, 0.717) is 56.2 Å². The van der Waals surface area contributed by atoms with Crippen LogP contribution in [0.1, 0.15) is 42.5 Å². The first-order chi connectivity index (χ1) is 13.6. The van der Waals surface area contributed by atoms with Gasteiger partial charge in [-0.2, -0.15) is 0 Å². The van der Waals surface area contributed by atoms with Crippen LogP contribution in [0.2, 0.25) is 0 Å². The summed E-state index contributed by atoms with van der Waals surface area (Å²) in [7, 11) is 1.99. The molecule has 1 unspecified atom stereocenters. The van der Waals surface area contributed by atoms with E-state index >= 15 is 0 Å². The molecule has 3 aliphatic rings. The minimum atomic E-state index is 0.0313. The maximum absolute atomic E-state index is 12.7. The van der Waals surface area contributed by atoms with E-state index in [9.17, 15) is 9.59 Å². The number of ether oxygens (including phenoxy) is 1. The van der Waals surface area contributed by atoms with Gasteiger partial charge in [0.15, 0.2) is 0 Å². The van der Waals surface area contributed by atoms with E-state index in [2.05, 4.69) is 14.8 Å². The first-order valence-corrected chi connectivity index (χ1v) is 10.5. The summed E-state index contributed by atoms with van der Waals surface area (Å²) in [6.45, 7) is 4.08. The largest absolute Gasteiger partial charge is 0.378 e. The number of nitrogens with zero attached hydrogens (tertiary/aromatic N) is 4. The molecule has 0 radical (unpaired) electrons. The highest BCUT2D eigenvalue weighted by molar-refractivity contribution is 5.95. The van der Waals surface area contributed by atoms with Crippen LogP contribution in [0.25, 0.3) is 0 Å². The van der Waals surface area contributed by atoms with Gasteiger partial charge in [0.2, 0.25) is 5.91 Å². The van der Waals surface area contributed by atoms with Gasteiger partial charge in [-0.15, -0.1) is 0 Å². The van der Waals surface area contributed by atoms with Crippen molar-refractivity contribution in [1.82, 2.24) is 14.8 Å². The highest BCUT2D eigenvalue weighted by atomic mass is 16.5. The van der Waals surface area contributed by atoms with E-state index in [1.54, 1.807) is 12.3 Å². The Hall–Kier alpha value is -2.15. The molecule has 1 aliphatic carbocycles. The Bertz CT molecular complexity index is 713. The Kier molecular flexibility index (Phi) is 5.80. The zero-order valence-corrected chi connectivity index (χ0v) is 16.7. The van der Waals surface area contributed by atoms with Crippen LogP contribution in [0.3, 0.4) is 0 Å². The van der Waals surface area contributed by atoms with Crippen LogP contribution < -0.4 is 4.90 Å². The van der Waals surface area contributed by atoms with Gasteiger partial charge in [0.05, 0.1) is 13.2 Å². The van der Waals surface area contributed by atoms with Gasteiger partial charge in [-0.05, 0) is 25.0 Å². The summed E-state index contributed by atoms with van der Waals surface area (Å²) in [6, 6.07) is 4.09. The molecular formula is C21H30N4O3. The van der Waals surface area contributed by atoms with Crippen molar-refractivity contribution in [2.75, 3.05) is 51.3 Å². The molecule has 0 bridgehead atoms. The number of morpholine rings is 1. The molecule has 0 aromatic carbocycles. The van der Waals surface area contributed by atoms with Crippen molar-refractivity contribution in [3.05, 3.63) is 23.9 Å². The molecule has 2 saturated heterocycles. The number of hydrogen-bond acceptors (Lipinski definition) is 5. The second kappa shape index (κ2) is 8.47. The number of hydrogen-bond donors (Lipinski definition) is 0. The number of carbonyl (C=O) groups excluding carboxylic acids is 2. The summed E-state index contributed by atoms with van der Waals surface area (Å²) in [5.74, 6) is 1.43. The van der Waals surface area contributed by atoms with Gasteiger partial charge in [-0.1, -0.05) is 12.8 Å². The van der Waals surface area contributed by atoms with E-state index in [1.165, 1.54) is 12.8 Å². The third-order valence-corrected chi connectivity index (χ3v) is 6.22. The van der Waals surface area contributed by atoms with E-state index in [1.807, 2.05) is 18.0 Å². The summed E-state index contributed by atoms with van der Waals surface area (Å²) in [5.41, 5.74) is 0.661. The summed E-state index contributed by atoms with van der Waals surface area (Å²) in [5, 5.41) is 0. The summed E-state index contributed by atoms with van der Waals surface area (Å²) in [4.78, 5) is 35.6. The molecule has 3 fully saturated rings. The first kappa shape index (κ1) is 19.2. The monoisotopic (exact) mass is 386 g/mol. The molecule has 0 spiro atoms. The zero-order valence-electron chi connectivity index (χ0n) is 16.7. The van der Waals surface area contributed by atoms with Crippen molar-refractivity contribution >= 4 is 17.6 Å². The summed E-state index contributed by atoms with van der Waals surface area (Å²) >= 11 is 0. The van der Waals surface area contributed by atoms with Crippen molar-refractivity contribution in [3.8, 4) is 0 Å². The van der Waals surface area contributed by atoms with E-state index in [4.69, 9.17) is 4.74 Å². The highest BCUT2D eigenvalue weighted by Gasteiger charge is 2.35. The Morgan fingerprint density at radius 1 is 1.29 bits per heavy atom. The van der Waals surface area contributed by atoms with Crippen LogP contribution >= 0.6 is 0 Å². The minimum absolute atomic E-state index is 0.0313. The van der Waals surface area contributed by atoms with Crippen LogP contribution in [-0.2, 0) is 9.53 Å². The minimum Gasteiger partial charge on any atom is -0.378 e. The molecule has 0 N–H and O–H groups in total. The normalized spacial score (nSPS) is 23.5. The Balaban J connectivity index is 1.37.